The maximum Gasteiger partial charge on any atom is 0.226 e. The molecule has 0 aliphatic carbocycles. The molecule has 0 aliphatic rings. The summed E-state index contributed by atoms with van der Waals surface area (Å²) in [5.74, 6) is 1.43. The van der Waals surface area contributed by atoms with Crippen molar-refractivity contribution in [3.63, 3.8) is 0 Å². The highest BCUT2D eigenvalue weighted by Gasteiger charge is 2.12. The van der Waals surface area contributed by atoms with Gasteiger partial charge in [-0.1, -0.05) is 0 Å². The number of halogens is 2. The van der Waals surface area contributed by atoms with Gasteiger partial charge >= 0.3 is 0 Å². The molecule has 0 spiro atoms. The highest BCUT2D eigenvalue weighted by molar-refractivity contribution is 5.65. The van der Waals surface area contributed by atoms with Crippen molar-refractivity contribution in [2.45, 2.75) is 0 Å². The minimum Gasteiger partial charge on any atom is -0.436 e. The summed E-state index contributed by atoms with van der Waals surface area (Å²) in [5, 5.41) is 0. The fourth-order valence-corrected chi connectivity index (χ4v) is 3.07. The molecule has 0 N–H and O–H groups in total. The van der Waals surface area contributed by atoms with Crippen molar-refractivity contribution >= 4 is 0 Å². The minimum absolute atomic E-state index is 0.303. The molecule has 0 amide bonds. The van der Waals surface area contributed by atoms with Gasteiger partial charge in [-0.2, -0.15) is 0 Å². The molecule has 0 unspecified atom stereocenters. The fourth-order valence-electron chi connectivity index (χ4n) is 3.07. The van der Waals surface area contributed by atoms with Gasteiger partial charge < -0.3 is 8.83 Å². The van der Waals surface area contributed by atoms with Crippen LogP contribution in [0.15, 0.2) is 94.0 Å². The van der Waals surface area contributed by atoms with E-state index in [-0.39, 0.29) is 11.6 Å². The van der Waals surface area contributed by atoms with E-state index in [2.05, 4.69) is 9.97 Å². The van der Waals surface area contributed by atoms with Crippen LogP contribution in [0.3, 0.4) is 0 Å². The molecule has 0 radical (unpaired) electrons. The number of oxazole rings is 2. The average Bonchev–Trinajstić information content (AvgIpc) is 3.45. The van der Waals surface area contributed by atoms with E-state index in [0.717, 1.165) is 22.3 Å². The van der Waals surface area contributed by atoms with Crippen molar-refractivity contribution in [1.29, 1.82) is 0 Å². The summed E-state index contributed by atoms with van der Waals surface area (Å²) in [7, 11) is 0. The molecule has 0 fully saturated rings. The molecule has 5 aromatic rings. The highest BCUT2D eigenvalue weighted by atomic mass is 19.1. The van der Waals surface area contributed by atoms with Gasteiger partial charge in [-0.25, -0.2) is 18.7 Å². The van der Waals surface area contributed by atoms with E-state index in [9.17, 15) is 8.78 Å². The zero-order chi connectivity index (χ0) is 20.5. The SMILES string of the molecule is Fc1ccc(-c2cnc(-c3ccc(-c4ncc(-c5ccc(F)cc5)o4)cc3)o2)cc1. The first-order valence-corrected chi connectivity index (χ1v) is 9.20. The Morgan fingerprint density at radius 1 is 0.467 bits per heavy atom. The summed E-state index contributed by atoms with van der Waals surface area (Å²) in [4.78, 5) is 8.62. The normalized spacial score (nSPS) is 11.0. The zero-order valence-corrected chi connectivity index (χ0v) is 15.5. The Bertz CT molecular complexity index is 1190. The number of nitrogens with zero attached hydrogens (tertiary/aromatic N) is 2. The Kier molecular flexibility index (Phi) is 4.44. The van der Waals surface area contributed by atoms with Crippen LogP contribution in [0.25, 0.3) is 45.6 Å². The van der Waals surface area contributed by atoms with Gasteiger partial charge in [0.1, 0.15) is 11.6 Å². The maximum absolute atomic E-state index is 13.1. The number of aromatic nitrogens is 2. The minimum atomic E-state index is -0.303. The van der Waals surface area contributed by atoms with Crippen LogP contribution in [0.4, 0.5) is 8.78 Å². The fraction of sp³-hybridized carbons (Fsp3) is 0. The molecule has 3 aromatic carbocycles. The van der Waals surface area contributed by atoms with Crippen molar-refractivity contribution in [1.82, 2.24) is 9.97 Å². The summed E-state index contributed by atoms with van der Waals surface area (Å²) in [6.07, 6.45) is 3.22. The summed E-state index contributed by atoms with van der Waals surface area (Å²) in [5.41, 5.74) is 3.08. The van der Waals surface area contributed by atoms with Gasteiger partial charge in [-0.15, -0.1) is 0 Å². The van der Waals surface area contributed by atoms with Gasteiger partial charge in [0.25, 0.3) is 0 Å². The number of hydrogen-bond acceptors (Lipinski definition) is 4. The quantitative estimate of drug-likeness (QED) is 0.341. The molecular formula is C24H14F2N2O2. The van der Waals surface area contributed by atoms with Crippen LogP contribution in [0, 0.1) is 11.6 Å². The number of rotatable bonds is 4. The van der Waals surface area contributed by atoms with Gasteiger partial charge in [0.15, 0.2) is 11.5 Å². The molecule has 0 bridgehead atoms. The van der Waals surface area contributed by atoms with E-state index in [1.807, 2.05) is 24.3 Å². The molecule has 4 nitrogen and oxygen atoms in total. The Labute approximate surface area is 170 Å². The van der Waals surface area contributed by atoms with E-state index >= 15 is 0 Å². The van der Waals surface area contributed by atoms with E-state index in [4.69, 9.17) is 8.83 Å². The van der Waals surface area contributed by atoms with Crippen LogP contribution < -0.4 is 0 Å². The zero-order valence-electron chi connectivity index (χ0n) is 15.5. The molecule has 2 aromatic heterocycles. The van der Waals surface area contributed by atoms with E-state index in [0.29, 0.717) is 23.3 Å². The third kappa shape index (κ3) is 3.51. The van der Waals surface area contributed by atoms with Crippen LogP contribution in [0.1, 0.15) is 0 Å². The van der Waals surface area contributed by atoms with Crippen LogP contribution >= 0.6 is 0 Å². The Morgan fingerprint density at radius 2 is 0.800 bits per heavy atom. The lowest BCUT2D eigenvalue weighted by molar-refractivity contribution is 0.586. The Hall–Kier alpha value is -4.06. The highest BCUT2D eigenvalue weighted by Crippen LogP contribution is 2.30. The van der Waals surface area contributed by atoms with Gasteiger partial charge in [0, 0.05) is 22.3 Å². The first kappa shape index (κ1) is 18.0. The molecule has 146 valence electrons. The van der Waals surface area contributed by atoms with Crippen LogP contribution in [0.2, 0.25) is 0 Å². The van der Waals surface area contributed by atoms with E-state index in [1.165, 1.54) is 24.3 Å². The molecule has 30 heavy (non-hydrogen) atoms. The lowest BCUT2D eigenvalue weighted by Gasteiger charge is -2.00. The average molecular weight is 400 g/mol. The largest absolute Gasteiger partial charge is 0.436 e. The van der Waals surface area contributed by atoms with Crippen molar-refractivity contribution in [3.8, 4) is 45.6 Å². The van der Waals surface area contributed by atoms with Gasteiger partial charge in [0.2, 0.25) is 11.8 Å². The topological polar surface area (TPSA) is 52.1 Å². The smallest absolute Gasteiger partial charge is 0.226 e. The number of benzene rings is 3. The summed E-state index contributed by atoms with van der Waals surface area (Å²) < 4.78 is 37.8. The lowest BCUT2D eigenvalue weighted by atomic mass is 10.1. The monoisotopic (exact) mass is 400 g/mol. The van der Waals surface area contributed by atoms with Gasteiger partial charge in [-0.05, 0) is 72.8 Å². The molecular weight excluding hydrogens is 386 g/mol. The summed E-state index contributed by atoms with van der Waals surface area (Å²) in [6, 6.07) is 19.5. The second-order valence-electron chi connectivity index (χ2n) is 6.65. The molecule has 0 aliphatic heterocycles. The first-order chi connectivity index (χ1) is 14.7. The third-order valence-electron chi connectivity index (χ3n) is 4.65. The second kappa shape index (κ2) is 7.40. The van der Waals surface area contributed by atoms with Crippen molar-refractivity contribution < 1.29 is 17.6 Å². The summed E-state index contributed by atoms with van der Waals surface area (Å²) >= 11 is 0. The van der Waals surface area contributed by atoms with Crippen LogP contribution in [-0.4, -0.2) is 9.97 Å². The third-order valence-corrected chi connectivity index (χ3v) is 4.65. The standard InChI is InChI=1S/C24H14F2N2O2/c25-19-9-5-15(6-10-19)21-13-27-23(29-21)17-1-2-18(4-3-17)24-28-14-22(30-24)16-7-11-20(26)12-8-16/h1-14H. The van der Waals surface area contributed by atoms with Crippen LogP contribution in [0.5, 0.6) is 0 Å². The number of hydrogen-bond donors (Lipinski definition) is 0. The predicted molar refractivity (Wildman–Crippen MR) is 108 cm³/mol. The lowest BCUT2D eigenvalue weighted by Crippen LogP contribution is -1.80. The van der Waals surface area contributed by atoms with Crippen molar-refractivity contribution in [2.75, 3.05) is 0 Å². The Morgan fingerprint density at radius 3 is 1.17 bits per heavy atom. The van der Waals surface area contributed by atoms with E-state index in [1.54, 1.807) is 36.7 Å². The molecule has 6 heteroatoms. The van der Waals surface area contributed by atoms with Crippen molar-refractivity contribution in [3.05, 3.63) is 96.8 Å². The second-order valence-corrected chi connectivity index (χ2v) is 6.65. The molecule has 5 rings (SSSR count). The van der Waals surface area contributed by atoms with E-state index < -0.39 is 0 Å². The predicted octanol–water partition coefficient (Wildman–Crippen LogP) is 6.61. The van der Waals surface area contributed by atoms with Gasteiger partial charge in [0.05, 0.1) is 12.4 Å². The molecule has 0 atom stereocenters. The maximum atomic E-state index is 13.1. The first-order valence-electron chi connectivity index (χ1n) is 9.20. The van der Waals surface area contributed by atoms with Gasteiger partial charge in [-0.3, -0.25) is 0 Å². The molecule has 0 saturated heterocycles. The molecule has 0 saturated carbocycles. The summed E-state index contributed by atoms with van der Waals surface area (Å²) in [6.45, 7) is 0. The van der Waals surface area contributed by atoms with Crippen LogP contribution in [-0.2, 0) is 0 Å². The Balaban J connectivity index is 1.37. The van der Waals surface area contributed by atoms with Crippen molar-refractivity contribution in [2.24, 2.45) is 0 Å². The molecule has 2 heterocycles.